The minimum atomic E-state index is 0.101. The average Bonchev–Trinajstić information content (AvgIpc) is 2.09. The maximum absolute atomic E-state index is 6.19. The summed E-state index contributed by atoms with van der Waals surface area (Å²) in [4.78, 5) is 0. The number of nitrogens with two attached hydrogens (primary N) is 1. The summed E-state index contributed by atoms with van der Waals surface area (Å²) in [6, 6.07) is 0. The lowest BCUT2D eigenvalue weighted by Crippen LogP contribution is -2.35. The first-order valence-electron chi connectivity index (χ1n) is 5.91. The van der Waals surface area contributed by atoms with Gasteiger partial charge in [0.25, 0.3) is 0 Å². The van der Waals surface area contributed by atoms with Crippen molar-refractivity contribution in [3.8, 4) is 0 Å². The van der Waals surface area contributed by atoms with Crippen LogP contribution >= 0.6 is 0 Å². The van der Waals surface area contributed by atoms with Crippen molar-refractivity contribution in [2.24, 2.45) is 5.73 Å². The van der Waals surface area contributed by atoms with E-state index in [0.29, 0.717) is 0 Å². The maximum atomic E-state index is 6.19. The van der Waals surface area contributed by atoms with Gasteiger partial charge in [0.2, 0.25) is 0 Å². The van der Waals surface area contributed by atoms with Crippen LogP contribution in [0.3, 0.4) is 0 Å². The predicted octanol–water partition coefficient (Wildman–Crippen LogP) is 3.86. The lowest BCUT2D eigenvalue weighted by atomic mass is 9.90. The van der Waals surface area contributed by atoms with Gasteiger partial charge in [0, 0.05) is 5.54 Å². The van der Waals surface area contributed by atoms with Gasteiger partial charge in [-0.1, -0.05) is 52.4 Å². The zero-order chi connectivity index (χ0) is 10.2. The Bertz CT molecular complexity index is 108. The van der Waals surface area contributed by atoms with E-state index in [2.05, 4.69) is 20.8 Å². The van der Waals surface area contributed by atoms with E-state index < -0.39 is 0 Å². The van der Waals surface area contributed by atoms with E-state index in [9.17, 15) is 0 Å². The van der Waals surface area contributed by atoms with Crippen LogP contribution in [-0.2, 0) is 0 Å². The molecule has 0 bridgehead atoms. The van der Waals surface area contributed by atoms with Crippen molar-refractivity contribution in [3.63, 3.8) is 0 Å². The Balaban J connectivity index is 3.39. The number of hydrogen-bond donors (Lipinski definition) is 1. The van der Waals surface area contributed by atoms with Crippen molar-refractivity contribution in [2.75, 3.05) is 0 Å². The number of hydrogen-bond acceptors (Lipinski definition) is 1. The highest BCUT2D eigenvalue weighted by Gasteiger charge is 2.16. The van der Waals surface area contributed by atoms with Gasteiger partial charge in [-0.25, -0.2) is 0 Å². The highest BCUT2D eigenvalue weighted by molar-refractivity contribution is 4.77. The van der Waals surface area contributed by atoms with Crippen LogP contribution in [0.5, 0.6) is 0 Å². The minimum absolute atomic E-state index is 0.101. The van der Waals surface area contributed by atoms with Crippen LogP contribution < -0.4 is 5.73 Å². The zero-order valence-corrected chi connectivity index (χ0v) is 9.73. The summed E-state index contributed by atoms with van der Waals surface area (Å²) >= 11 is 0. The molecule has 0 aliphatic heterocycles. The van der Waals surface area contributed by atoms with Gasteiger partial charge < -0.3 is 5.73 Å². The summed E-state index contributed by atoms with van der Waals surface area (Å²) in [5.41, 5.74) is 6.29. The van der Waals surface area contributed by atoms with Crippen molar-refractivity contribution in [1.82, 2.24) is 0 Å². The molecule has 0 aromatic heterocycles. The van der Waals surface area contributed by atoms with Crippen LogP contribution in [0, 0.1) is 0 Å². The average molecular weight is 185 g/mol. The van der Waals surface area contributed by atoms with Crippen LogP contribution in [0.1, 0.15) is 72.1 Å². The van der Waals surface area contributed by atoms with E-state index >= 15 is 0 Å². The standard InChI is InChI=1S/C12H27N/c1-4-6-8-9-11-12(3,13)10-7-5-2/h4-11,13H2,1-3H3/t12-/m1/s1. The van der Waals surface area contributed by atoms with Crippen LogP contribution in [0.15, 0.2) is 0 Å². The van der Waals surface area contributed by atoms with Crippen LogP contribution in [-0.4, -0.2) is 5.54 Å². The first kappa shape index (κ1) is 13.0. The highest BCUT2D eigenvalue weighted by Crippen LogP contribution is 2.18. The Morgan fingerprint density at radius 1 is 0.846 bits per heavy atom. The summed E-state index contributed by atoms with van der Waals surface area (Å²) in [6.45, 7) is 6.68. The topological polar surface area (TPSA) is 26.0 Å². The normalized spacial score (nSPS) is 15.7. The molecule has 0 aromatic carbocycles. The van der Waals surface area contributed by atoms with Gasteiger partial charge >= 0.3 is 0 Å². The molecule has 1 atom stereocenters. The molecule has 0 amide bonds. The smallest absolute Gasteiger partial charge is 0.0125 e. The van der Waals surface area contributed by atoms with Crippen LogP contribution in [0.4, 0.5) is 0 Å². The molecule has 0 aromatic rings. The van der Waals surface area contributed by atoms with Gasteiger partial charge in [-0.05, 0) is 19.8 Å². The highest BCUT2D eigenvalue weighted by atomic mass is 14.7. The van der Waals surface area contributed by atoms with Crippen molar-refractivity contribution >= 4 is 0 Å². The monoisotopic (exact) mass is 185 g/mol. The SMILES string of the molecule is CCCCCC[C@](C)(N)CCCC. The van der Waals surface area contributed by atoms with E-state index in [1.807, 2.05) is 0 Å². The molecule has 0 unspecified atom stereocenters. The third kappa shape index (κ3) is 8.29. The predicted molar refractivity (Wildman–Crippen MR) is 60.9 cm³/mol. The quantitative estimate of drug-likeness (QED) is 0.571. The Morgan fingerprint density at radius 2 is 1.38 bits per heavy atom. The third-order valence-corrected chi connectivity index (χ3v) is 2.70. The van der Waals surface area contributed by atoms with Crippen LogP contribution in [0.25, 0.3) is 0 Å². The Kier molecular flexibility index (Phi) is 7.35. The molecular weight excluding hydrogens is 158 g/mol. The van der Waals surface area contributed by atoms with Gasteiger partial charge in [-0.15, -0.1) is 0 Å². The summed E-state index contributed by atoms with van der Waals surface area (Å²) in [5, 5.41) is 0. The summed E-state index contributed by atoms with van der Waals surface area (Å²) < 4.78 is 0. The van der Waals surface area contributed by atoms with Gasteiger partial charge in [0.15, 0.2) is 0 Å². The van der Waals surface area contributed by atoms with E-state index in [1.165, 1.54) is 51.4 Å². The van der Waals surface area contributed by atoms with Crippen molar-refractivity contribution in [1.29, 1.82) is 0 Å². The molecule has 0 spiro atoms. The number of unbranched alkanes of at least 4 members (excludes halogenated alkanes) is 4. The molecule has 0 aliphatic rings. The molecule has 0 heterocycles. The fraction of sp³-hybridized carbons (Fsp3) is 1.00. The Morgan fingerprint density at radius 3 is 1.92 bits per heavy atom. The van der Waals surface area contributed by atoms with Crippen molar-refractivity contribution in [2.45, 2.75) is 77.7 Å². The molecule has 80 valence electrons. The second-order valence-electron chi connectivity index (χ2n) is 4.57. The molecule has 2 N–H and O–H groups in total. The van der Waals surface area contributed by atoms with Gasteiger partial charge in [-0.3, -0.25) is 0 Å². The first-order chi connectivity index (χ1) is 6.12. The van der Waals surface area contributed by atoms with E-state index in [0.717, 1.165) is 0 Å². The summed E-state index contributed by atoms with van der Waals surface area (Å²) in [6.07, 6.45) is 10.3. The largest absolute Gasteiger partial charge is 0.325 e. The molecule has 1 heteroatoms. The summed E-state index contributed by atoms with van der Waals surface area (Å²) in [5.74, 6) is 0. The zero-order valence-electron chi connectivity index (χ0n) is 9.73. The molecule has 1 nitrogen and oxygen atoms in total. The Hall–Kier alpha value is -0.0400. The molecule has 0 aliphatic carbocycles. The second kappa shape index (κ2) is 7.37. The molecule has 13 heavy (non-hydrogen) atoms. The molecule has 0 saturated carbocycles. The van der Waals surface area contributed by atoms with Gasteiger partial charge in [0.1, 0.15) is 0 Å². The van der Waals surface area contributed by atoms with E-state index in [4.69, 9.17) is 5.73 Å². The molecule has 0 rings (SSSR count). The second-order valence-corrected chi connectivity index (χ2v) is 4.57. The molecule has 0 saturated heterocycles. The summed E-state index contributed by atoms with van der Waals surface area (Å²) in [7, 11) is 0. The van der Waals surface area contributed by atoms with Gasteiger partial charge in [0.05, 0.1) is 0 Å². The fourth-order valence-corrected chi connectivity index (χ4v) is 1.66. The minimum Gasteiger partial charge on any atom is -0.325 e. The first-order valence-corrected chi connectivity index (χ1v) is 5.91. The van der Waals surface area contributed by atoms with Gasteiger partial charge in [-0.2, -0.15) is 0 Å². The lowest BCUT2D eigenvalue weighted by molar-refractivity contribution is 0.370. The van der Waals surface area contributed by atoms with Crippen LogP contribution in [0.2, 0.25) is 0 Å². The third-order valence-electron chi connectivity index (χ3n) is 2.70. The molecule has 0 fully saturated rings. The molecular formula is C12H27N. The molecule has 0 radical (unpaired) electrons. The fourth-order valence-electron chi connectivity index (χ4n) is 1.66. The lowest BCUT2D eigenvalue weighted by Gasteiger charge is -2.24. The van der Waals surface area contributed by atoms with Crippen molar-refractivity contribution in [3.05, 3.63) is 0 Å². The maximum Gasteiger partial charge on any atom is 0.0125 e. The van der Waals surface area contributed by atoms with E-state index in [-0.39, 0.29) is 5.54 Å². The number of rotatable bonds is 8. The Labute approximate surface area is 84.1 Å². The van der Waals surface area contributed by atoms with E-state index in [1.54, 1.807) is 0 Å². The van der Waals surface area contributed by atoms with Crippen molar-refractivity contribution < 1.29 is 0 Å².